The molecule has 0 amide bonds. The molecule has 1 fully saturated rings. The van der Waals surface area contributed by atoms with Crippen molar-refractivity contribution in [1.29, 1.82) is 0 Å². The molecule has 1 N–H and O–H groups in total. The fourth-order valence-electron chi connectivity index (χ4n) is 2.45. The third kappa shape index (κ3) is 3.96. The molecule has 0 heterocycles. The largest absolute Gasteiger partial charge is 0.497 e. The van der Waals surface area contributed by atoms with Crippen molar-refractivity contribution in [2.75, 3.05) is 13.7 Å². The van der Waals surface area contributed by atoms with Gasteiger partial charge in [0.15, 0.2) is 0 Å². The molecule has 1 aliphatic rings. The zero-order valence-electron chi connectivity index (χ0n) is 11.5. The van der Waals surface area contributed by atoms with Gasteiger partial charge in [-0.15, -0.1) is 0 Å². The molecule has 0 spiro atoms. The first-order valence-electron chi connectivity index (χ1n) is 6.81. The van der Waals surface area contributed by atoms with Crippen LogP contribution in [0.3, 0.4) is 0 Å². The van der Waals surface area contributed by atoms with E-state index in [-0.39, 0.29) is 4.90 Å². The number of hydrogen-bond donors (Lipinski definition) is 1. The van der Waals surface area contributed by atoms with Gasteiger partial charge in [-0.05, 0) is 43.0 Å². The van der Waals surface area contributed by atoms with Crippen LogP contribution in [0.15, 0.2) is 29.2 Å². The highest BCUT2D eigenvalue weighted by Crippen LogP contribution is 2.29. The lowest BCUT2D eigenvalue weighted by molar-refractivity contribution is 0.373. The van der Waals surface area contributed by atoms with Crippen molar-refractivity contribution in [3.05, 3.63) is 24.3 Å². The quantitative estimate of drug-likeness (QED) is 0.820. The number of halogens is 1. The molecule has 0 radical (unpaired) electrons. The Morgan fingerprint density at radius 3 is 2.50 bits per heavy atom. The maximum Gasteiger partial charge on any atom is 0.240 e. The van der Waals surface area contributed by atoms with E-state index in [9.17, 15) is 8.42 Å². The molecule has 0 saturated heterocycles. The Kier molecular flexibility index (Phi) is 5.46. The molecular formula is C14H20BrNO3S. The van der Waals surface area contributed by atoms with Gasteiger partial charge < -0.3 is 4.74 Å². The summed E-state index contributed by atoms with van der Waals surface area (Å²) in [4.78, 5) is 0.690. The number of hydrogen-bond acceptors (Lipinski definition) is 3. The summed E-state index contributed by atoms with van der Waals surface area (Å²) in [7, 11) is -1.88. The maximum atomic E-state index is 12.2. The number of methoxy groups -OCH3 is 1. The third-order valence-corrected chi connectivity index (χ3v) is 6.37. The molecule has 0 aromatic heterocycles. The van der Waals surface area contributed by atoms with E-state index in [0.717, 1.165) is 12.8 Å². The fraction of sp³-hybridized carbons (Fsp3) is 0.571. The smallest absolute Gasteiger partial charge is 0.240 e. The van der Waals surface area contributed by atoms with Gasteiger partial charge in [0.05, 0.1) is 12.0 Å². The molecule has 112 valence electrons. The molecule has 6 heteroatoms. The predicted molar refractivity (Wildman–Crippen MR) is 82.9 cm³/mol. The minimum Gasteiger partial charge on any atom is -0.497 e. The van der Waals surface area contributed by atoms with Crippen molar-refractivity contribution in [1.82, 2.24) is 4.72 Å². The molecule has 2 rings (SSSR count). The van der Waals surface area contributed by atoms with Crippen molar-refractivity contribution in [3.8, 4) is 5.75 Å². The van der Waals surface area contributed by atoms with E-state index in [1.165, 1.54) is 12.8 Å². The Hall–Kier alpha value is -0.590. The Morgan fingerprint density at radius 1 is 1.25 bits per heavy atom. The normalized spacial score (nSPS) is 23.5. The van der Waals surface area contributed by atoms with Crippen LogP contribution in [-0.2, 0) is 10.0 Å². The van der Waals surface area contributed by atoms with Crippen LogP contribution in [-0.4, -0.2) is 26.9 Å². The van der Waals surface area contributed by atoms with Gasteiger partial charge in [0.2, 0.25) is 10.0 Å². The standard InChI is InChI=1S/C14H20BrNO3S/c1-19-12-6-8-13(9-7-12)20(17,18)16-10-11-4-2-3-5-14(11)15/h6-9,11,14,16H,2-5,10H2,1H3. The Balaban J connectivity index is 1.99. The van der Waals surface area contributed by atoms with Gasteiger partial charge in [-0.2, -0.15) is 0 Å². The van der Waals surface area contributed by atoms with Crippen LogP contribution >= 0.6 is 15.9 Å². The van der Waals surface area contributed by atoms with E-state index in [1.54, 1.807) is 31.4 Å². The number of sulfonamides is 1. The summed E-state index contributed by atoms with van der Waals surface area (Å²) in [5.74, 6) is 1.02. The number of alkyl halides is 1. The summed E-state index contributed by atoms with van der Waals surface area (Å²) in [6.45, 7) is 0.490. The summed E-state index contributed by atoms with van der Waals surface area (Å²) in [6, 6.07) is 6.44. The second kappa shape index (κ2) is 6.91. The molecule has 2 atom stereocenters. The first kappa shape index (κ1) is 15.8. The minimum atomic E-state index is -3.43. The van der Waals surface area contributed by atoms with Gasteiger partial charge >= 0.3 is 0 Å². The second-order valence-corrected chi connectivity index (χ2v) is 8.03. The highest BCUT2D eigenvalue weighted by atomic mass is 79.9. The molecule has 2 unspecified atom stereocenters. The van der Waals surface area contributed by atoms with Crippen LogP contribution in [0.2, 0.25) is 0 Å². The van der Waals surface area contributed by atoms with E-state index >= 15 is 0 Å². The van der Waals surface area contributed by atoms with E-state index < -0.39 is 10.0 Å². The van der Waals surface area contributed by atoms with Crippen LogP contribution in [0.4, 0.5) is 0 Å². The summed E-state index contributed by atoms with van der Waals surface area (Å²) in [5.41, 5.74) is 0. The van der Waals surface area contributed by atoms with Crippen LogP contribution in [0.5, 0.6) is 5.75 Å². The average Bonchev–Trinajstić information content (AvgIpc) is 2.46. The van der Waals surface area contributed by atoms with Crippen molar-refractivity contribution in [2.24, 2.45) is 5.92 Å². The second-order valence-electron chi connectivity index (χ2n) is 5.09. The highest BCUT2D eigenvalue weighted by molar-refractivity contribution is 9.09. The van der Waals surface area contributed by atoms with Gasteiger partial charge in [0.1, 0.15) is 5.75 Å². The first-order valence-corrected chi connectivity index (χ1v) is 9.20. The summed E-state index contributed by atoms with van der Waals surface area (Å²) in [6.07, 6.45) is 4.59. The number of benzene rings is 1. The number of rotatable bonds is 5. The molecular weight excluding hydrogens is 342 g/mol. The molecule has 1 aromatic rings. The van der Waals surface area contributed by atoms with Gasteiger partial charge in [-0.25, -0.2) is 13.1 Å². The predicted octanol–water partition coefficient (Wildman–Crippen LogP) is 2.93. The van der Waals surface area contributed by atoms with E-state index in [1.807, 2.05) is 0 Å². The maximum absolute atomic E-state index is 12.2. The summed E-state index contributed by atoms with van der Waals surface area (Å²) < 4.78 is 32.2. The van der Waals surface area contributed by atoms with E-state index in [2.05, 4.69) is 20.7 Å². The van der Waals surface area contributed by atoms with E-state index in [0.29, 0.717) is 23.0 Å². The van der Waals surface area contributed by atoms with Gasteiger partial charge in [0.25, 0.3) is 0 Å². The fourth-order valence-corrected chi connectivity index (χ4v) is 4.32. The minimum absolute atomic E-state index is 0.278. The highest BCUT2D eigenvalue weighted by Gasteiger charge is 2.24. The summed E-state index contributed by atoms with van der Waals surface area (Å²) in [5, 5.41) is 0. The zero-order chi connectivity index (χ0) is 14.6. The van der Waals surface area contributed by atoms with Crippen LogP contribution in [0.25, 0.3) is 0 Å². The lowest BCUT2D eigenvalue weighted by atomic mass is 9.89. The molecule has 1 aromatic carbocycles. The van der Waals surface area contributed by atoms with Gasteiger partial charge in [-0.3, -0.25) is 0 Å². The van der Waals surface area contributed by atoms with E-state index in [4.69, 9.17) is 4.74 Å². The molecule has 0 aliphatic heterocycles. The summed E-state index contributed by atoms with van der Waals surface area (Å²) >= 11 is 3.65. The third-order valence-electron chi connectivity index (χ3n) is 3.72. The Labute approximate surface area is 129 Å². The SMILES string of the molecule is COc1ccc(S(=O)(=O)NCC2CCCCC2Br)cc1. The average molecular weight is 362 g/mol. The molecule has 1 aliphatic carbocycles. The van der Waals surface area contributed by atoms with Crippen LogP contribution < -0.4 is 9.46 Å². The zero-order valence-corrected chi connectivity index (χ0v) is 13.9. The Bertz CT molecular complexity index is 530. The Morgan fingerprint density at radius 2 is 1.90 bits per heavy atom. The van der Waals surface area contributed by atoms with Crippen molar-refractivity contribution >= 4 is 26.0 Å². The lowest BCUT2D eigenvalue weighted by Crippen LogP contribution is -2.34. The first-order chi connectivity index (χ1) is 9.53. The molecule has 0 bridgehead atoms. The van der Waals surface area contributed by atoms with Gasteiger partial charge in [-0.1, -0.05) is 28.8 Å². The van der Waals surface area contributed by atoms with Crippen molar-refractivity contribution in [3.63, 3.8) is 0 Å². The lowest BCUT2D eigenvalue weighted by Gasteiger charge is -2.27. The molecule has 20 heavy (non-hydrogen) atoms. The number of nitrogens with one attached hydrogen (secondary N) is 1. The topological polar surface area (TPSA) is 55.4 Å². The van der Waals surface area contributed by atoms with Crippen LogP contribution in [0.1, 0.15) is 25.7 Å². The molecule has 4 nitrogen and oxygen atoms in total. The van der Waals surface area contributed by atoms with Crippen LogP contribution in [0, 0.1) is 5.92 Å². The van der Waals surface area contributed by atoms with Crippen molar-refractivity contribution < 1.29 is 13.2 Å². The monoisotopic (exact) mass is 361 g/mol. The number of ether oxygens (including phenoxy) is 1. The molecule has 1 saturated carbocycles. The van der Waals surface area contributed by atoms with Gasteiger partial charge in [0, 0.05) is 11.4 Å². The van der Waals surface area contributed by atoms with Crippen molar-refractivity contribution in [2.45, 2.75) is 35.4 Å².